The van der Waals surface area contributed by atoms with E-state index in [1.165, 1.54) is 0 Å². The molecule has 0 radical (unpaired) electrons. The number of rotatable bonds is 4. The van der Waals surface area contributed by atoms with E-state index in [0.717, 1.165) is 19.5 Å². The van der Waals surface area contributed by atoms with Gasteiger partial charge in [0.25, 0.3) is 0 Å². The van der Waals surface area contributed by atoms with Gasteiger partial charge in [-0.05, 0) is 33.9 Å². The van der Waals surface area contributed by atoms with Gasteiger partial charge in [-0.3, -0.25) is 4.79 Å². The Morgan fingerprint density at radius 1 is 1.50 bits per heavy atom. The number of carbonyl (C=O) groups is 1. The molecule has 1 aliphatic rings. The van der Waals surface area contributed by atoms with Crippen molar-refractivity contribution in [3.05, 3.63) is 0 Å². The third-order valence-corrected chi connectivity index (χ3v) is 3.02. The topological polar surface area (TPSA) is 41.6 Å². The fourth-order valence-corrected chi connectivity index (χ4v) is 1.85. The number of nitrogens with zero attached hydrogens (tertiary/aromatic N) is 1. The molecule has 4 nitrogen and oxygen atoms in total. The van der Waals surface area contributed by atoms with Crippen LogP contribution in [0.4, 0.5) is 0 Å². The molecule has 1 fully saturated rings. The standard InChI is InChI=1S/C11H22N2O2.ClH/c1-9-10(2)15-8-7-13(9)11(14)5-4-6-12-3;/h9-10,12H,4-8H2,1-3H3;1H. The Labute approximate surface area is 104 Å². The summed E-state index contributed by atoms with van der Waals surface area (Å²) in [6.07, 6.45) is 1.71. The van der Waals surface area contributed by atoms with Crippen molar-refractivity contribution in [2.45, 2.75) is 38.8 Å². The van der Waals surface area contributed by atoms with Crippen LogP contribution in [0.15, 0.2) is 0 Å². The fraction of sp³-hybridized carbons (Fsp3) is 0.909. The predicted octanol–water partition coefficient (Wildman–Crippen LogP) is 1.04. The first-order valence-corrected chi connectivity index (χ1v) is 5.72. The van der Waals surface area contributed by atoms with Gasteiger partial charge in [-0.1, -0.05) is 0 Å². The maximum Gasteiger partial charge on any atom is 0.223 e. The van der Waals surface area contributed by atoms with Crippen LogP contribution in [-0.4, -0.2) is 49.7 Å². The van der Waals surface area contributed by atoms with Gasteiger partial charge in [0.15, 0.2) is 0 Å². The van der Waals surface area contributed by atoms with Gasteiger partial charge < -0.3 is 15.0 Å². The van der Waals surface area contributed by atoms with Crippen LogP contribution in [-0.2, 0) is 9.53 Å². The zero-order chi connectivity index (χ0) is 11.3. The molecule has 1 rings (SSSR count). The lowest BCUT2D eigenvalue weighted by molar-refractivity contribution is -0.144. The zero-order valence-electron chi connectivity index (χ0n) is 10.4. The van der Waals surface area contributed by atoms with Crippen LogP contribution in [0.2, 0.25) is 0 Å². The molecule has 0 aromatic carbocycles. The van der Waals surface area contributed by atoms with Crippen LogP contribution < -0.4 is 5.32 Å². The summed E-state index contributed by atoms with van der Waals surface area (Å²) in [6.45, 7) is 6.39. The lowest BCUT2D eigenvalue weighted by Crippen LogP contribution is -2.51. The summed E-state index contributed by atoms with van der Waals surface area (Å²) in [5.74, 6) is 0.257. The molecule has 0 aliphatic carbocycles. The van der Waals surface area contributed by atoms with Crippen molar-refractivity contribution < 1.29 is 9.53 Å². The van der Waals surface area contributed by atoms with Gasteiger partial charge in [-0.15, -0.1) is 12.4 Å². The summed E-state index contributed by atoms with van der Waals surface area (Å²) in [7, 11) is 1.91. The molecule has 0 bridgehead atoms. The number of carbonyl (C=O) groups excluding carboxylic acids is 1. The van der Waals surface area contributed by atoms with E-state index in [2.05, 4.69) is 12.2 Å². The number of ether oxygens (including phenoxy) is 1. The van der Waals surface area contributed by atoms with Gasteiger partial charge in [0, 0.05) is 13.0 Å². The van der Waals surface area contributed by atoms with E-state index in [1.54, 1.807) is 0 Å². The van der Waals surface area contributed by atoms with Crippen molar-refractivity contribution in [1.29, 1.82) is 0 Å². The monoisotopic (exact) mass is 250 g/mol. The summed E-state index contributed by atoms with van der Waals surface area (Å²) < 4.78 is 5.49. The van der Waals surface area contributed by atoms with E-state index in [9.17, 15) is 4.79 Å². The smallest absolute Gasteiger partial charge is 0.223 e. The highest BCUT2D eigenvalue weighted by Gasteiger charge is 2.28. The second kappa shape index (κ2) is 7.87. The predicted molar refractivity (Wildman–Crippen MR) is 67.0 cm³/mol. The van der Waals surface area contributed by atoms with Crippen molar-refractivity contribution >= 4 is 18.3 Å². The van der Waals surface area contributed by atoms with Crippen LogP contribution >= 0.6 is 12.4 Å². The Balaban J connectivity index is 0.00000225. The molecular weight excluding hydrogens is 228 g/mol. The first-order valence-electron chi connectivity index (χ1n) is 5.72. The molecule has 0 saturated carbocycles. The molecule has 2 unspecified atom stereocenters. The van der Waals surface area contributed by atoms with E-state index >= 15 is 0 Å². The second-order valence-corrected chi connectivity index (χ2v) is 4.11. The Morgan fingerprint density at radius 3 is 2.81 bits per heavy atom. The summed E-state index contributed by atoms with van der Waals surface area (Å²) in [6, 6.07) is 0.209. The van der Waals surface area contributed by atoms with Crippen molar-refractivity contribution in [3.63, 3.8) is 0 Å². The molecule has 1 heterocycles. The quantitative estimate of drug-likeness (QED) is 0.759. The first kappa shape index (κ1) is 15.7. The molecular formula is C11H23ClN2O2. The largest absolute Gasteiger partial charge is 0.375 e. The van der Waals surface area contributed by atoms with E-state index in [-0.39, 0.29) is 30.5 Å². The lowest BCUT2D eigenvalue weighted by Gasteiger charge is -2.37. The van der Waals surface area contributed by atoms with Gasteiger partial charge in [-0.25, -0.2) is 0 Å². The Kier molecular flexibility index (Phi) is 7.72. The van der Waals surface area contributed by atoms with Gasteiger partial charge in [0.2, 0.25) is 5.91 Å². The molecule has 0 aromatic heterocycles. The number of morpholine rings is 1. The minimum atomic E-state index is 0. The molecule has 1 N–H and O–H groups in total. The van der Waals surface area contributed by atoms with Crippen LogP contribution in [0.25, 0.3) is 0 Å². The molecule has 0 aromatic rings. The van der Waals surface area contributed by atoms with Crippen LogP contribution in [0, 0.1) is 0 Å². The SMILES string of the molecule is CNCCCC(=O)N1CCOC(C)C1C.Cl. The summed E-state index contributed by atoms with van der Waals surface area (Å²) >= 11 is 0. The zero-order valence-corrected chi connectivity index (χ0v) is 11.2. The minimum Gasteiger partial charge on any atom is -0.375 e. The third-order valence-electron chi connectivity index (χ3n) is 3.02. The number of nitrogens with one attached hydrogen (secondary N) is 1. The van der Waals surface area contributed by atoms with Crippen molar-refractivity contribution in [3.8, 4) is 0 Å². The van der Waals surface area contributed by atoms with E-state index in [4.69, 9.17) is 4.74 Å². The van der Waals surface area contributed by atoms with E-state index < -0.39 is 0 Å². The Hall–Kier alpha value is -0.320. The van der Waals surface area contributed by atoms with Gasteiger partial charge in [-0.2, -0.15) is 0 Å². The van der Waals surface area contributed by atoms with Crippen molar-refractivity contribution in [1.82, 2.24) is 10.2 Å². The molecule has 1 aliphatic heterocycles. The van der Waals surface area contributed by atoms with Crippen LogP contribution in [0.1, 0.15) is 26.7 Å². The molecule has 1 saturated heterocycles. The Bertz CT molecular complexity index is 214. The normalized spacial score (nSPS) is 25.1. The van der Waals surface area contributed by atoms with E-state index in [0.29, 0.717) is 13.0 Å². The highest BCUT2D eigenvalue weighted by molar-refractivity contribution is 5.85. The third kappa shape index (κ3) is 4.28. The second-order valence-electron chi connectivity index (χ2n) is 4.11. The highest BCUT2D eigenvalue weighted by Crippen LogP contribution is 2.14. The molecule has 2 atom stereocenters. The highest BCUT2D eigenvalue weighted by atomic mass is 35.5. The summed E-state index contributed by atoms with van der Waals surface area (Å²) in [5, 5.41) is 3.05. The molecule has 1 amide bonds. The maximum absolute atomic E-state index is 11.9. The van der Waals surface area contributed by atoms with Gasteiger partial charge in [0.05, 0.1) is 18.8 Å². The average Bonchev–Trinajstić information content (AvgIpc) is 2.22. The van der Waals surface area contributed by atoms with Crippen LogP contribution in [0.3, 0.4) is 0 Å². The van der Waals surface area contributed by atoms with Crippen LogP contribution in [0.5, 0.6) is 0 Å². The number of amides is 1. The maximum atomic E-state index is 11.9. The Morgan fingerprint density at radius 2 is 2.19 bits per heavy atom. The van der Waals surface area contributed by atoms with Gasteiger partial charge >= 0.3 is 0 Å². The molecule has 0 spiro atoms. The molecule has 96 valence electrons. The molecule has 16 heavy (non-hydrogen) atoms. The fourth-order valence-electron chi connectivity index (χ4n) is 1.85. The van der Waals surface area contributed by atoms with Gasteiger partial charge in [0.1, 0.15) is 0 Å². The molecule has 5 heteroatoms. The number of hydrogen-bond acceptors (Lipinski definition) is 3. The lowest BCUT2D eigenvalue weighted by atomic mass is 10.1. The average molecular weight is 251 g/mol. The van der Waals surface area contributed by atoms with Crippen molar-refractivity contribution in [2.75, 3.05) is 26.7 Å². The number of hydrogen-bond donors (Lipinski definition) is 1. The summed E-state index contributed by atoms with van der Waals surface area (Å²) in [4.78, 5) is 13.8. The minimum absolute atomic E-state index is 0. The first-order chi connectivity index (χ1) is 7.16. The summed E-state index contributed by atoms with van der Waals surface area (Å²) in [5.41, 5.74) is 0. The van der Waals surface area contributed by atoms with E-state index in [1.807, 2.05) is 18.9 Å². The van der Waals surface area contributed by atoms with Crippen molar-refractivity contribution in [2.24, 2.45) is 0 Å². The number of halogens is 1.